The average Bonchev–Trinajstić information content (AvgIpc) is 2.36. The summed E-state index contributed by atoms with van der Waals surface area (Å²) in [5, 5.41) is 11.3. The summed E-state index contributed by atoms with van der Waals surface area (Å²) < 4.78 is 0. The Balaban J connectivity index is 2.13. The minimum atomic E-state index is -0.742. The van der Waals surface area contributed by atoms with Gasteiger partial charge in [0.15, 0.2) is 0 Å². The highest BCUT2D eigenvalue weighted by Crippen LogP contribution is 2.31. The van der Waals surface area contributed by atoms with Gasteiger partial charge in [-0.1, -0.05) is 30.7 Å². The van der Waals surface area contributed by atoms with Gasteiger partial charge < -0.3 is 10.0 Å². The molecule has 1 fully saturated rings. The van der Waals surface area contributed by atoms with Crippen LogP contribution in [0, 0.1) is 5.92 Å². The van der Waals surface area contributed by atoms with E-state index in [0.29, 0.717) is 0 Å². The Hall–Kier alpha value is -0.570. The lowest BCUT2D eigenvalue weighted by atomic mass is 9.83. The first kappa shape index (κ1) is 15.8. The lowest BCUT2D eigenvalue weighted by Gasteiger charge is -2.37. The van der Waals surface area contributed by atoms with Crippen molar-refractivity contribution in [3.05, 3.63) is 34.9 Å². The lowest BCUT2D eigenvalue weighted by molar-refractivity contribution is 0.0298. The Kier molecular flexibility index (Phi) is 5.11. The van der Waals surface area contributed by atoms with Crippen molar-refractivity contribution < 1.29 is 5.11 Å². The standard InChI is InChI=1S/C17H26ClNO/c1-13-7-9-19(10-8-13)12-16(17(2,3)20)14-5-4-6-15(18)11-14/h4-6,11,13,16,20H,7-10,12H2,1-3H3. The molecule has 0 aliphatic carbocycles. The first-order chi connectivity index (χ1) is 9.36. The summed E-state index contributed by atoms with van der Waals surface area (Å²) in [7, 11) is 0. The largest absolute Gasteiger partial charge is 0.390 e. The van der Waals surface area contributed by atoms with E-state index in [0.717, 1.165) is 36.1 Å². The fraction of sp³-hybridized carbons (Fsp3) is 0.647. The molecule has 0 radical (unpaired) electrons. The predicted molar refractivity (Wildman–Crippen MR) is 85.3 cm³/mol. The van der Waals surface area contributed by atoms with Crippen molar-refractivity contribution in [2.24, 2.45) is 5.92 Å². The average molecular weight is 296 g/mol. The highest BCUT2D eigenvalue weighted by Gasteiger charge is 2.31. The number of nitrogens with zero attached hydrogens (tertiary/aromatic N) is 1. The van der Waals surface area contributed by atoms with Gasteiger partial charge in [0.2, 0.25) is 0 Å². The second-order valence-corrected chi connectivity index (χ2v) is 7.18. The summed E-state index contributed by atoms with van der Waals surface area (Å²) >= 11 is 6.11. The first-order valence-corrected chi connectivity index (χ1v) is 7.94. The zero-order valence-electron chi connectivity index (χ0n) is 12.8. The van der Waals surface area contributed by atoms with Gasteiger partial charge in [-0.15, -0.1) is 0 Å². The zero-order valence-corrected chi connectivity index (χ0v) is 13.5. The van der Waals surface area contributed by atoms with Crippen molar-refractivity contribution in [1.29, 1.82) is 0 Å². The van der Waals surface area contributed by atoms with Gasteiger partial charge in [-0.2, -0.15) is 0 Å². The van der Waals surface area contributed by atoms with E-state index >= 15 is 0 Å². The van der Waals surface area contributed by atoms with Crippen molar-refractivity contribution in [2.45, 2.75) is 45.1 Å². The number of likely N-dealkylation sites (tertiary alicyclic amines) is 1. The molecule has 1 aliphatic rings. The fourth-order valence-corrected chi connectivity index (χ4v) is 3.16. The van der Waals surface area contributed by atoms with Crippen molar-refractivity contribution >= 4 is 11.6 Å². The van der Waals surface area contributed by atoms with Crippen LogP contribution in [0.2, 0.25) is 5.02 Å². The highest BCUT2D eigenvalue weighted by atomic mass is 35.5. The molecule has 0 bridgehead atoms. The molecule has 0 amide bonds. The van der Waals surface area contributed by atoms with Crippen LogP contribution in [0.25, 0.3) is 0 Å². The first-order valence-electron chi connectivity index (χ1n) is 7.56. The molecule has 2 rings (SSSR count). The van der Waals surface area contributed by atoms with Gasteiger partial charge in [-0.25, -0.2) is 0 Å². The summed E-state index contributed by atoms with van der Waals surface area (Å²) in [5.41, 5.74) is 0.386. The molecule has 1 aliphatic heterocycles. The molecule has 1 atom stereocenters. The van der Waals surface area contributed by atoms with Gasteiger partial charge in [0.1, 0.15) is 0 Å². The minimum absolute atomic E-state index is 0.0922. The van der Waals surface area contributed by atoms with Crippen molar-refractivity contribution in [3.63, 3.8) is 0 Å². The topological polar surface area (TPSA) is 23.5 Å². The molecule has 1 heterocycles. The van der Waals surface area contributed by atoms with Crippen LogP contribution in [-0.2, 0) is 0 Å². The maximum atomic E-state index is 10.5. The maximum Gasteiger partial charge on any atom is 0.0672 e. The third kappa shape index (κ3) is 4.21. The molecular weight excluding hydrogens is 270 g/mol. The second-order valence-electron chi connectivity index (χ2n) is 6.74. The third-order valence-electron chi connectivity index (χ3n) is 4.42. The van der Waals surface area contributed by atoms with Gasteiger partial charge in [0.05, 0.1) is 5.60 Å². The predicted octanol–water partition coefficient (Wildman–Crippen LogP) is 3.93. The van der Waals surface area contributed by atoms with Gasteiger partial charge in [-0.05, 0) is 63.4 Å². The number of aliphatic hydroxyl groups is 1. The molecule has 1 aromatic rings. The molecule has 112 valence electrons. The van der Waals surface area contributed by atoms with Crippen molar-refractivity contribution in [3.8, 4) is 0 Å². The number of piperidine rings is 1. The van der Waals surface area contributed by atoms with Gasteiger partial charge in [0, 0.05) is 17.5 Å². The monoisotopic (exact) mass is 295 g/mol. The van der Waals surface area contributed by atoms with Gasteiger partial charge >= 0.3 is 0 Å². The number of hydrogen-bond donors (Lipinski definition) is 1. The molecule has 3 heteroatoms. The van der Waals surface area contributed by atoms with Crippen molar-refractivity contribution in [1.82, 2.24) is 4.90 Å². The molecule has 20 heavy (non-hydrogen) atoms. The minimum Gasteiger partial charge on any atom is -0.390 e. The summed E-state index contributed by atoms with van der Waals surface area (Å²) in [6.07, 6.45) is 2.52. The normalized spacial score (nSPS) is 20.1. The zero-order chi connectivity index (χ0) is 14.8. The quantitative estimate of drug-likeness (QED) is 0.910. The van der Waals surface area contributed by atoms with E-state index in [4.69, 9.17) is 11.6 Å². The van der Waals surface area contributed by atoms with Crippen LogP contribution in [0.15, 0.2) is 24.3 Å². The third-order valence-corrected chi connectivity index (χ3v) is 4.66. The van der Waals surface area contributed by atoms with Gasteiger partial charge in [-0.3, -0.25) is 0 Å². The summed E-state index contributed by atoms with van der Waals surface area (Å²) in [6, 6.07) is 7.90. The molecule has 1 aromatic carbocycles. The molecule has 1 saturated heterocycles. The van der Waals surface area contributed by atoms with E-state index in [9.17, 15) is 5.11 Å². The molecular formula is C17H26ClNO. The molecule has 2 nitrogen and oxygen atoms in total. The number of hydrogen-bond acceptors (Lipinski definition) is 2. The van der Waals surface area contributed by atoms with E-state index in [2.05, 4.69) is 17.9 Å². The number of benzene rings is 1. The number of halogens is 1. The fourth-order valence-electron chi connectivity index (χ4n) is 2.96. The number of rotatable bonds is 4. The Labute approximate surface area is 127 Å². The van der Waals surface area contributed by atoms with Crippen molar-refractivity contribution in [2.75, 3.05) is 19.6 Å². The molecule has 1 N–H and O–H groups in total. The Morgan fingerprint density at radius 1 is 1.35 bits per heavy atom. The lowest BCUT2D eigenvalue weighted by Crippen LogP contribution is -2.42. The van der Waals surface area contributed by atoms with E-state index in [1.165, 1.54) is 12.8 Å². The Morgan fingerprint density at radius 3 is 2.55 bits per heavy atom. The summed E-state index contributed by atoms with van der Waals surface area (Å²) in [5.74, 6) is 0.924. The van der Waals surface area contributed by atoms with Crippen LogP contribution in [0.5, 0.6) is 0 Å². The van der Waals surface area contributed by atoms with Crippen LogP contribution < -0.4 is 0 Å². The summed E-state index contributed by atoms with van der Waals surface area (Å²) in [6.45, 7) is 9.28. The van der Waals surface area contributed by atoms with Crippen LogP contribution >= 0.6 is 11.6 Å². The van der Waals surface area contributed by atoms with E-state index < -0.39 is 5.60 Å². The molecule has 0 saturated carbocycles. The molecule has 1 unspecified atom stereocenters. The smallest absolute Gasteiger partial charge is 0.0672 e. The SMILES string of the molecule is CC1CCN(CC(c2cccc(Cl)c2)C(C)(C)O)CC1. The van der Waals surface area contributed by atoms with Crippen LogP contribution in [0.3, 0.4) is 0 Å². The van der Waals surface area contributed by atoms with Gasteiger partial charge in [0.25, 0.3) is 0 Å². The van der Waals surface area contributed by atoms with Crippen LogP contribution in [-0.4, -0.2) is 35.2 Å². The van der Waals surface area contributed by atoms with Crippen LogP contribution in [0.1, 0.15) is 45.1 Å². The molecule has 0 aromatic heterocycles. The highest BCUT2D eigenvalue weighted by molar-refractivity contribution is 6.30. The van der Waals surface area contributed by atoms with E-state index in [1.807, 2.05) is 32.0 Å². The molecule has 0 spiro atoms. The van der Waals surface area contributed by atoms with E-state index in [-0.39, 0.29) is 5.92 Å². The Bertz CT molecular complexity index is 433. The maximum absolute atomic E-state index is 10.5. The second kappa shape index (κ2) is 6.46. The summed E-state index contributed by atoms with van der Waals surface area (Å²) in [4.78, 5) is 2.48. The van der Waals surface area contributed by atoms with E-state index in [1.54, 1.807) is 0 Å². The van der Waals surface area contributed by atoms with Crippen LogP contribution in [0.4, 0.5) is 0 Å². The Morgan fingerprint density at radius 2 is 2.00 bits per heavy atom.